The van der Waals surface area contributed by atoms with Crippen LogP contribution in [0.5, 0.6) is 0 Å². The first-order valence-corrected chi connectivity index (χ1v) is 8.37. The number of carbonyl (C=O) groups excluding carboxylic acids is 3. The highest BCUT2D eigenvalue weighted by atomic mass is 32.2. The number of carbonyl (C=O) groups is 3. The molecule has 0 fully saturated rings. The smallest absolute Gasteiger partial charge is 0.407 e. The lowest BCUT2D eigenvalue weighted by molar-refractivity contribution is -0.109. The first-order chi connectivity index (χ1) is 10.3. The third-order valence-electron chi connectivity index (χ3n) is 2.10. The van der Waals surface area contributed by atoms with Gasteiger partial charge in [-0.3, -0.25) is 4.79 Å². The van der Waals surface area contributed by atoms with E-state index in [0.717, 1.165) is 11.8 Å². The maximum absolute atomic E-state index is 11.8. The molecule has 7 nitrogen and oxygen atoms in total. The molecule has 1 atom stereocenters. The van der Waals surface area contributed by atoms with Crippen molar-refractivity contribution in [2.24, 2.45) is 0 Å². The Morgan fingerprint density at radius 1 is 0.957 bits per heavy atom. The molecule has 0 aliphatic carbocycles. The molecule has 0 unspecified atom stereocenters. The molecule has 2 amide bonds. The summed E-state index contributed by atoms with van der Waals surface area (Å²) in [5.41, 5.74) is -1.23. The number of hydrogen-bond acceptors (Lipinski definition) is 6. The Balaban J connectivity index is 4.53. The normalized spacial score (nSPS) is 13.0. The maximum Gasteiger partial charge on any atom is 0.407 e. The molecule has 0 radical (unpaired) electrons. The van der Waals surface area contributed by atoms with Crippen LogP contribution in [0.15, 0.2) is 0 Å². The second-order valence-electron chi connectivity index (χ2n) is 7.03. The van der Waals surface area contributed by atoms with Gasteiger partial charge in [-0.25, -0.2) is 9.59 Å². The van der Waals surface area contributed by atoms with Crippen molar-refractivity contribution in [2.45, 2.75) is 65.7 Å². The van der Waals surface area contributed by atoms with Crippen LogP contribution >= 0.6 is 11.8 Å². The van der Waals surface area contributed by atoms with E-state index in [1.807, 2.05) is 0 Å². The Morgan fingerprint density at radius 2 is 1.43 bits per heavy atom. The van der Waals surface area contributed by atoms with E-state index in [-0.39, 0.29) is 11.7 Å². The van der Waals surface area contributed by atoms with E-state index in [0.29, 0.717) is 5.75 Å². The number of alkyl carbamates (subject to hydrolysis) is 2. The van der Waals surface area contributed by atoms with Gasteiger partial charge in [0.05, 0.1) is 6.04 Å². The number of amides is 2. The molecule has 0 rings (SSSR count). The highest BCUT2D eigenvalue weighted by molar-refractivity contribution is 8.13. The van der Waals surface area contributed by atoms with Crippen LogP contribution in [0.2, 0.25) is 0 Å². The number of ether oxygens (including phenoxy) is 2. The van der Waals surface area contributed by atoms with Gasteiger partial charge in [0.2, 0.25) is 0 Å². The van der Waals surface area contributed by atoms with Gasteiger partial charge in [-0.15, -0.1) is 0 Å². The Kier molecular flexibility index (Phi) is 8.44. The number of thioether (sulfide) groups is 1. The molecule has 0 heterocycles. The molecule has 0 aliphatic rings. The van der Waals surface area contributed by atoms with E-state index < -0.39 is 29.4 Å². The Bertz CT molecular complexity index is 427. The number of hydrogen-bond donors (Lipinski definition) is 2. The van der Waals surface area contributed by atoms with Crippen LogP contribution in [0.1, 0.15) is 48.5 Å². The van der Waals surface area contributed by atoms with Gasteiger partial charge in [0, 0.05) is 19.2 Å². The summed E-state index contributed by atoms with van der Waals surface area (Å²) in [5.74, 6) is 0.324. The lowest BCUT2D eigenvalue weighted by atomic mass is 10.2. The van der Waals surface area contributed by atoms with Crippen molar-refractivity contribution in [1.29, 1.82) is 0 Å². The van der Waals surface area contributed by atoms with E-state index >= 15 is 0 Å². The van der Waals surface area contributed by atoms with E-state index in [1.165, 1.54) is 6.92 Å². The first-order valence-electron chi connectivity index (χ1n) is 7.38. The van der Waals surface area contributed by atoms with Gasteiger partial charge in [-0.05, 0) is 41.5 Å². The van der Waals surface area contributed by atoms with Crippen molar-refractivity contribution in [2.75, 3.05) is 12.3 Å². The van der Waals surface area contributed by atoms with Crippen molar-refractivity contribution in [3.63, 3.8) is 0 Å². The SMILES string of the molecule is CC(=O)SC[C@@H](CNC(=O)OC(C)(C)C)NC(=O)OC(C)(C)C. The molecule has 0 spiro atoms. The molecule has 23 heavy (non-hydrogen) atoms. The Hall–Kier alpha value is -1.44. The molecule has 0 saturated carbocycles. The summed E-state index contributed by atoms with van der Waals surface area (Å²) in [7, 11) is 0. The fourth-order valence-electron chi connectivity index (χ4n) is 1.36. The van der Waals surface area contributed by atoms with Gasteiger partial charge in [0.1, 0.15) is 11.2 Å². The molecule has 0 aromatic carbocycles. The molecule has 8 heteroatoms. The zero-order chi connectivity index (χ0) is 18.3. The van der Waals surface area contributed by atoms with Crippen LogP contribution in [0.4, 0.5) is 9.59 Å². The first kappa shape index (κ1) is 21.6. The van der Waals surface area contributed by atoms with Gasteiger partial charge in [0.25, 0.3) is 0 Å². The second kappa shape index (κ2) is 9.00. The van der Waals surface area contributed by atoms with E-state index in [9.17, 15) is 14.4 Å². The average molecular weight is 348 g/mol. The quantitative estimate of drug-likeness (QED) is 0.793. The number of nitrogens with one attached hydrogen (secondary N) is 2. The molecule has 0 aromatic heterocycles. The highest BCUT2D eigenvalue weighted by Gasteiger charge is 2.22. The van der Waals surface area contributed by atoms with E-state index in [1.54, 1.807) is 41.5 Å². The molecule has 0 aliphatic heterocycles. The van der Waals surface area contributed by atoms with Gasteiger partial charge < -0.3 is 20.1 Å². The topological polar surface area (TPSA) is 93.7 Å². The standard InChI is InChI=1S/C15H28N2O5S/c1-10(18)23-9-11(17-13(20)22-15(5,6)7)8-16-12(19)21-14(2,3)4/h11H,8-9H2,1-7H3,(H,16,19)(H,17,20)/t11-/m1/s1. The third kappa shape index (κ3) is 13.9. The lowest BCUT2D eigenvalue weighted by Crippen LogP contribution is -2.47. The second-order valence-corrected chi connectivity index (χ2v) is 8.23. The average Bonchev–Trinajstić information content (AvgIpc) is 2.27. The summed E-state index contributed by atoms with van der Waals surface area (Å²) in [6.45, 7) is 12.1. The lowest BCUT2D eigenvalue weighted by Gasteiger charge is -2.24. The van der Waals surface area contributed by atoms with E-state index in [2.05, 4.69) is 10.6 Å². The van der Waals surface area contributed by atoms with Crippen LogP contribution in [-0.2, 0) is 14.3 Å². The Labute approximate surface area is 142 Å². The van der Waals surface area contributed by atoms with E-state index in [4.69, 9.17) is 9.47 Å². The summed E-state index contributed by atoms with van der Waals surface area (Å²) < 4.78 is 10.3. The van der Waals surface area contributed by atoms with Crippen LogP contribution in [0.3, 0.4) is 0 Å². The molecule has 2 N–H and O–H groups in total. The van der Waals surface area contributed by atoms with Gasteiger partial charge in [-0.2, -0.15) is 0 Å². The minimum atomic E-state index is -0.624. The monoisotopic (exact) mass is 348 g/mol. The summed E-state index contributed by atoms with van der Waals surface area (Å²) in [6.07, 6.45) is -1.18. The van der Waals surface area contributed by atoms with Crippen LogP contribution in [0, 0.1) is 0 Å². The zero-order valence-electron chi connectivity index (χ0n) is 14.9. The van der Waals surface area contributed by atoms with Crippen molar-refractivity contribution >= 4 is 29.1 Å². The molecular weight excluding hydrogens is 320 g/mol. The number of rotatable bonds is 5. The zero-order valence-corrected chi connectivity index (χ0v) is 15.8. The fourth-order valence-corrected chi connectivity index (χ4v) is 2.00. The predicted octanol–water partition coefficient (Wildman–Crippen LogP) is 2.68. The maximum atomic E-state index is 11.8. The minimum absolute atomic E-state index is 0.0711. The molecule has 0 bridgehead atoms. The molecular formula is C15H28N2O5S. The Morgan fingerprint density at radius 3 is 1.87 bits per heavy atom. The van der Waals surface area contributed by atoms with Crippen LogP contribution in [-0.4, -0.2) is 46.8 Å². The largest absolute Gasteiger partial charge is 0.444 e. The fraction of sp³-hybridized carbons (Fsp3) is 0.800. The predicted molar refractivity (Wildman–Crippen MR) is 90.5 cm³/mol. The highest BCUT2D eigenvalue weighted by Crippen LogP contribution is 2.09. The van der Waals surface area contributed by atoms with Crippen molar-refractivity contribution in [1.82, 2.24) is 10.6 Å². The summed E-state index contributed by atoms with van der Waals surface area (Å²) >= 11 is 1.06. The van der Waals surface area contributed by atoms with Crippen LogP contribution in [0.25, 0.3) is 0 Å². The summed E-state index contributed by atoms with van der Waals surface area (Å²) in [4.78, 5) is 34.6. The van der Waals surface area contributed by atoms with Crippen LogP contribution < -0.4 is 10.6 Å². The third-order valence-corrected chi connectivity index (χ3v) is 3.08. The van der Waals surface area contributed by atoms with Gasteiger partial charge in [-0.1, -0.05) is 11.8 Å². The minimum Gasteiger partial charge on any atom is -0.444 e. The van der Waals surface area contributed by atoms with Crippen molar-refractivity contribution in [3.05, 3.63) is 0 Å². The van der Waals surface area contributed by atoms with Crippen molar-refractivity contribution < 1.29 is 23.9 Å². The van der Waals surface area contributed by atoms with Crippen molar-refractivity contribution in [3.8, 4) is 0 Å². The molecule has 0 aromatic rings. The van der Waals surface area contributed by atoms with Gasteiger partial charge in [0.15, 0.2) is 5.12 Å². The molecule has 0 saturated heterocycles. The summed E-state index contributed by atoms with van der Waals surface area (Å²) in [6, 6.07) is -0.453. The summed E-state index contributed by atoms with van der Waals surface area (Å²) in [5, 5.41) is 5.15. The van der Waals surface area contributed by atoms with Gasteiger partial charge >= 0.3 is 12.2 Å². The molecule has 134 valence electrons.